The van der Waals surface area contributed by atoms with E-state index >= 15 is 0 Å². The number of rotatable bonds is 6. The lowest BCUT2D eigenvalue weighted by Crippen LogP contribution is -2.38. The number of esters is 1. The van der Waals surface area contributed by atoms with Crippen LogP contribution in [-0.2, 0) is 30.2 Å². The minimum atomic E-state index is -0.562. The highest BCUT2D eigenvalue weighted by Gasteiger charge is 2.26. The summed E-state index contributed by atoms with van der Waals surface area (Å²) in [5.74, 6) is -0.937. The lowest BCUT2D eigenvalue weighted by atomic mass is 9.91. The van der Waals surface area contributed by atoms with E-state index in [1.165, 1.54) is 17.9 Å². The Hall–Kier alpha value is -3.94. The molecule has 0 fully saturated rings. The van der Waals surface area contributed by atoms with Crippen LogP contribution in [0.15, 0.2) is 76.6 Å². The highest BCUT2D eigenvalue weighted by molar-refractivity contribution is 5.82. The molecule has 1 unspecified atom stereocenters. The summed E-state index contributed by atoms with van der Waals surface area (Å²) in [5, 5.41) is 0. The van der Waals surface area contributed by atoms with Crippen LogP contribution in [0.3, 0.4) is 0 Å². The molecule has 0 saturated heterocycles. The van der Waals surface area contributed by atoms with Crippen LogP contribution in [0.1, 0.15) is 24.0 Å². The number of aromatic nitrogens is 4. The number of imidazole rings is 1. The smallest absolute Gasteiger partial charge is 0.332 e. The maximum Gasteiger partial charge on any atom is 0.332 e. The summed E-state index contributed by atoms with van der Waals surface area (Å²) < 4.78 is 9.79. The fourth-order valence-electron chi connectivity index (χ4n) is 3.87. The molecule has 0 aliphatic carbocycles. The van der Waals surface area contributed by atoms with Gasteiger partial charge in [0.25, 0.3) is 5.56 Å². The number of benzene rings is 2. The van der Waals surface area contributed by atoms with Crippen molar-refractivity contribution in [3.05, 3.63) is 99.0 Å². The molecule has 0 amide bonds. The lowest BCUT2D eigenvalue weighted by Gasteiger charge is -2.21. The molecule has 2 heterocycles. The number of nitrogens with zero attached hydrogens (tertiary/aromatic N) is 4. The summed E-state index contributed by atoms with van der Waals surface area (Å²) in [6.45, 7) is 2.00. The topological polar surface area (TPSA) is 88.1 Å². The molecule has 4 aromatic rings. The van der Waals surface area contributed by atoms with Gasteiger partial charge in [-0.15, -0.1) is 0 Å². The average Bonchev–Trinajstić information content (AvgIpc) is 3.21. The number of carbonyl (C=O) groups is 1. The lowest BCUT2D eigenvalue weighted by molar-refractivity contribution is -0.149. The van der Waals surface area contributed by atoms with Crippen molar-refractivity contribution in [2.24, 2.45) is 14.1 Å². The molecular formula is C24H24N4O4. The minimum Gasteiger partial charge on any atom is -0.460 e. The molecule has 0 N–H and O–H groups in total. The maximum absolute atomic E-state index is 13.2. The second kappa shape index (κ2) is 8.66. The number of hydrogen-bond acceptors (Lipinski definition) is 5. The molecule has 2 aromatic carbocycles. The zero-order valence-electron chi connectivity index (χ0n) is 18.1. The Morgan fingerprint density at radius 3 is 2.06 bits per heavy atom. The highest BCUT2D eigenvalue weighted by atomic mass is 16.5. The first-order valence-corrected chi connectivity index (χ1v) is 10.3. The van der Waals surface area contributed by atoms with Gasteiger partial charge in [0.05, 0.1) is 12.9 Å². The summed E-state index contributed by atoms with van der Waals surface area (Å²) in [6.07, 6.45) is 0.957. The Kier molecular flexibility index (Phi) is 5.77. The first-order valence-electron chi connectivity index (χ1n) is 10.3. The van der Waals surface area contributed by atoms with Crippen molar-refractivity contribution in [2.75, 3.05) is 0 Å². The number of carbonyl (C=O) groups excluding carboxylic acids is 1. The van der Waals surface area contributed by atoms with Crippen molar-refractivity contribution in [1.29, 1.82) is 0 Å². The predicted octanol–water partition coefficient (Wildman–Crippen LogP) is 2.20. The fraction of sp³-hybridized carbons (Fsp3) is 0.250. The molecule has 0 bridgehead atoms. The zero-order valence-corrected chi connectivity index (χ0v) is 18.1. The number of hydrogen-bond donors (Lipinski definition) is 0. The molecule has 8 nitrogen and oxygen atoms in total. The third-order valence-corrected chi connectivity index (χ3v) is 5.49. The molecule has 0 saturated carbocycles. The first kappa shape index (κ1) is 21.3. The van der Waals surface area contributed by atoms with E-state index in [2.05, 4.69) is 4.98 Å². The quantitative estimate of drug-likeness (QED) is 0.436. The predicted molar refractivity (Wildman–Crippen MR) is 120 cm³/mol. The van der Waals surface area contributed by atoms with Crippen LogP contribution in [0.5, 0.6) is 0 Å². The Balaban J connectivity index is 1.61. The third-order valence-electron chi connectivity index (χ3n) is 5.49. The van der Waals surface area contributed by atoms with Crippen LogP contribution in [0.2, 0.25) is 0 Å². The molecule has 2 aromatic heterocycles. The molecule has 1 atom stereocenters. The van der Waals surface area contributed by atoms with Gasteiger partial charge in [0.15, 0.2) is 11.2 Å². The van der Waals surface area contributed by atoms with Gasteiger partial charge in [-0.3, -0.25) is 18.7 Å². The van der Waals surface area contributed by atoms with Crippen LogP contribution in [-0.4, -0.2) is 30.8 Å². The SMILES string of the molecule is CC(Cn1cnc2c1c(=O)n(C)c(=O)n2C)OC(=O)C(c1ccccc1)c1ccccc1. The van der Waals surface area contributed by atoms with Crippen molar-refractivity contribution >= 4 is 17.1 Å². The van der Waals surface area contributed by atoms with Gasteiger partial charge in [-0.05, 0) is 18.1 Å². The van der Waals surface area contributed by atoms with Crippen LogP contribution in [0, 0.1) is 0 Å². The molecule has 8 heteroatoms. The highest BCUT2D eigenvalue weighted by Crippen LogP contribution is 2.26. The van der Waals surface area contributed by atoms with Crippen LogP contribution in [0.25, 0.3) is 11.2 Å². The van der Waals surface area contributed by atoms with Crippen molar-refractivity contribution in [1.82, 2.24) is 18.7 Å². The summed E-state index contributed by atoms with van der Waals surface area (Å²) in [6, 6.07) is 19.0. The molecule has 32 heavy (non-hydrogen) atoms. The number of fused-ring (bicyclic) bond motifs is 1. The fourth-order valence-corrected chi connectivity index (χ4v) is 3.87. The van der Waals surface area contributed by atoms with E-state index in [1.807, 2.05) is 60.7 Å². The monoisotopic (exact) mass is 432 g/mol. The van der Waals surface area contributed by atoms with Crippen LogP contribution >= 0.6 is 0 Å². The Labute approximate surface area is 184 Å². The van der Waals surface area contributed by atoms with Crippen molar-refractivity contribution in [3.63, 3.8) is 0 Å². The maximum atomic E-state index is 13.2. The van der Waals surface area contributed by atoms with E-state index in [4.69, 9.17) is 4.74 Å². The third kappa shape index (κ3) is 3.87. The van der Waals surface area contributed by atoms with Crippen molar-refractivity contribution in [2.45, 2.75) is 25.5 Å². The van der Waals surface area contributed by atoms with Gasteiger partial charge in [0.2, 0.25) is 0 Å². The Morgan fingerprint density at radius 2 is 1.50 bits per heavy atom. The molecule has 0 spiro atoms. The van der Waals surface area contributed by atoms with Crippen LogP contribution < -0.4 is 11.2 Å². The minimum absolute atomic E-state index is 0.228. The van der Waals surface area contributed by atoms with Crippen molar-refractivity contribution in [3.8, 4) is 0 Å². The number of ether oxygens (including phenoxy) is 1. The van der Waals surface area contributed by atoms with Gasteiger partial charge < -0.3 is 9.30 Å². The van der Waals surface area contributed by atoms with Gasteiger partial charge in [-0.1, -0.05) is 60.7 Å². The molecule has 0 aliphatic rings. The van der Waals surface area contributed by atoms with Gasteiger partial charge in [-0.2, -0.15) is 0 Å². The van der Waals surface area contributed by atoms with Gasteiger partial charge in [0, 0.05) is 14.1 Å². The first-order chi connectivity index (χ1) is 15.4. The second-order valence-corrected chi connectivity index (χ2v) is 7.78. The van der Waals surface area contributed by atoms with E-state index in [-0.39, 0.29) is 12.5 Å². The molecule has 4 rings (SSSR count). The van der Waals surface area contributed by atoms with E-state index in [1.54, 1.807) is 18.5 Å². The van der Waals surface area contributed by atoms with Gasteiger partial charge in [0.1, 0.15) is 12.0 Å². The Bertz CT molecular complexity index is 1330. The van der Waals surface area contributed by atoms with E-state index in [0.717, 1.165) is 15.7 Å². The largest absolute Gasteiger partial charge is 0.460 e. The van der Waals surface area contributed by atoms with E-state index in [9.17, 15) is 14.4 Å². The normalized spacial score (nSPS) is 12.2. The average molecular weight is 432 g/mol. The standard InChI is InChI=1S/C24H24N4O4/c1-16(14-28-15-25-21-20(28)22(29)27(3)24(31)26(21)2)32-23(30)19(17-10-6-4-7-11-17)18-12-8-5-9-13-18/h4-13,15-16,19H,14H2,1-3H3. The Morgan fingerprint density at radius 1 is 0.938 bits per heavy atom. The van der Waals surface area contributed by atoms with Crippen LogP contribution in [0.4, 0.5) is 0 Å². The summed E-state index contributed by atoms with van der Waals surface area (Å²) in [5.41, 5.74) is 1.38. The van der Waals surface area contributed by atoms with Gasteiger partial charge in [-0.25, -0.2) is 9.78 Å². The molecule has 0 aliphatic heterocycles. The molecular weight excluding hydrogens is 408 g/mol. The summed E-state index contributed by atoms with van der Waals surface area (Å²) in [4.78, 5) is 42.2. The zero-order chi connectivity index (χ0) is 22.8. The van der Waals surface area contributed by atoms with E-state index < -0.39 is 23.3 Å². The summed E-state index contributed by atoms with van der Waals surface area (Å²) >= 11 is 0. The summed E-state index contributed by atoms with van der Waals surface area (Å²) in [7, 11) is 2.99. The van der Waals surface area contributed by atoms with Gasteiger partial charge >= 0.3 is 11.7 Å². The van der Waals surface area contributed by atoms with E-state index in [0.29, 0.717) is 11.2 Å². The molecule has 164 valence electrons. The second-order valence-electron chi connectivity index (χ2n) is 7.78. The van der Waals surface area contributed by atoms with Crippen molar-refractivity contribution < 1.29 is 9.53 Å². The number of aryl methyl sites for hydroxylation is 1. The molecule has 0 radical (unpaired) electrons.